The highest BCUT2D eigenvalue weighted by Gasteiger charge is 2.31. The van der Waals surface area contributed by atoms with Crippen molar-refractivity contribution in [1.82, 2.24) is 4.98 Å². The fraction of sp³-hybridized carbons (Fsp3) is 0.143. The molecular formula is C14H11N3O4. The molecule has 21 heavy (non-hydrogen) atoms. The van der Waals surface area contributed by atoms with Gasteiger partial charge in [0.15, 0.2) is 5.71 Å². The van der Waals surface area contributed by atoms with E-state index in [-0.39, 0.29) is 12.1 Å². The zero-order valence-electron chi connectivity index (χ0n) is 10.8. The fourth-order valence-corrected chi connectivity index (χ4v) is 2.02. The molecule has 1 aromatic heterocycles. The number of carbonyl (C=O) groups is 2. The van der Waals surface area contributed by atoms with Crippen LogP contribution in [0.2, 0.25) is 0 Å². The summed E-state index contributed by atoms with van der Waals surface area (Å²) in [6, 6.07) is 8.99. The summed E-state index contributed by atoms with van der Waals surface area (Å²) < 4.78 is 0. The number of amides is 1. The molecule has 2 heterocycles. The number of fused-ring (bicyclic) bond motifs is 1. The minimum atomic E-state index is -1.18. The SMILES string of the molecule is O=C(O)C1=NOC(C(=O)Nc2ccc3ncccc3c2)C1. The third kappa shape index (κ3) is 2.66. The van der Waals surface area contributed by atoms with Gasteiger partial charge in [0.25, 0.3) is 5.91 Å². The van der Waals surface area contributed by atoms with Crippen molar-refractivity contribution in [1.29, 1.82) is 0 Å². The number of carboxylic acid groups (broad SMARTS) is 1. The number of aliphatic carboxylic acids is 1. The molecular weight excluding hydrogens is 274 g/mol. The highest BCUT2D eigenvalue weighted by Crippen LogP contribution is 2.19. The number of rotatable bonds is 3. The number of aromatic nitrogens is 1. The predicted octanol–water partition coefficient (Wildman–Crippen LogP) is 1.40. The maximum Gasteiger partial charge on any atom is 0.353 e. The molecule has 1 aromatic carbocycles. The molecule has 1 aliphatic rings. The zero-order valence-corrected chi connectivity index (χ0v) is 10.8. The quantitative estimate of drug-likeness (QED) is 0.887. The van der Waals surface area contributed by atoms with Crippen LogP contribution in [0.25, 0.3) is 10.9 Å². The number of anilines is 1. The molecule has 3 rings (SSSR count). The second kappa shape index (κ2) is 5.20. The first-order chi connectivity index (χ1) is 10.1. The summed E-state index contributed by atoms with van der Waals surface area (Å²) in [5.74, 6) is -1.61. The van der Waals surface area contributed by atoms with E-state index in [1.54, 1.807) is 30.5 Å². The number of hydrogen-bond acceptors (Lipinski definition) is 5. The Kier molecular flexibility index (Phi) is 3.23. The lowest BCUT2D eigenvalue weighted by atomic mass is 10.1. The van der Waals surface area contributed by atoms with Gasteiger partial charge in [-0.25, -0.2) is 4.79 Å². The Morgan fingerprint density at radius 3 is 2.95 bits per heavy atom. The van der Waals surface area contributed by atoms with E-state index in [1.165, 1.54) is 0 Å². The summed E-state index contributed by atoms with van der Waals surface area (Å²) >= 11 is 0. The van der Waals surface area contributed by atoms with Crippen molar-refractivity contribution >= 4 is 34.2 Å². The monoisotopic (exact) mass is 285 g/mol. The van der Waals surface area contributed by atoms with E-state index in [4.69, 9.17) is 9.94 Å². The van der Waals surface area contributed by atoms with Crippen LogP contribution in [0.4, 0.5) is 5.69 Å². The summed E-state index contributed by atoms with van der Waals surface area (Å²) in [5.41, 5.74) is 1.26. The molecule has 1 unspecified atom stereocenters. The van der Waals surface area contributed by atoms with Crippen molar-refractivity contribution in [3.63, 3.8) is 0 Å². The van der Waals surface area contributed by atoms with Gasteiger partial charge in [0.2, 0.25) is 6.10 Å². The summed E-state index contributed by atoms with van der Waals surface area (Å²) in [5, 5.41) is 15.7. The first-order valence-corrected chi connectivity index (χ1v) is 6.25. The van der Waals surface area contributed by atoms with Gasteiger partial charge in [0.1, 0.15) is 0 Å². The number of carbonyl (C=O) groups excluding carboxylic acids is 1. The molecule has 1 aliphatic heterocycles. The minimum Gasteiger partial charge on any atom is -0.477 e. The molecule has 7 heteroatoms. The molecule has 0 aliphatic carbocycles. The first-order valence-electron chi connectivity index (χ1n) is 6.25. The van der Waals surface area contributed by atoms with Crippen molar-refractivity contribution < 1.29 is 19.5 Å². The Morgan fingerprint density at radius 2 is 2.19 bits per heavy atom. The van der Waals surface area contributed by atoms with Gasteiger partial charge in [-0.3, -0.25) is 9.78 Å². The standard InChI is InChI=1S/C14H11N3O4/c18-13(12-7-11(14(19)20)17-21-12)16-9-3-4-10-8(6-9)2-1-5-15-10/h1-6,12H,7H2,(H,16,18)(H,19,20). The molecule has 0 spiro atoms. The maximum atomic E-state index is 12.0. The van der Waals surface area contributed by atoms with Crippen LogP contribution in [0.1, 0.15) is 6.42 Å². The number of carboxylic acids is 1. The summed E-state index contributed by atoms with van der Waals surface area (Å²) in [4.78, 5) is 31.7. The zero-order chi connectivity index (χ0) is 14.8. The van der Waals surface area contributed by atoms with Crippen LogP contribution in [0.5, 0.6) is 0 Å². The number of pyridine rings is 1. The van der Waals surface area contributed by atoms with Crippen molar-refractivity contribution in [3.05, 3.63) is 36.5 Å². The van der Waals surface area contributed by atoms with Gasteiger partial charge < -0.3 is 15.3 Å². The molecule has 1 atom stereocenters. The van der Waals surface area contributed by atoms with Gasteiger partial charge in [-0.1, -0.05) is 11.2 Å². The van der Waals surface area contributed by atoms with Crippen LogP contribution >= 0.6 is 0 Å². The summed E-state index contributed by atoms with van der Waals surface area (Å²) in [6.45, 7) is 0. The van der Waals surface area contributed by atoms with Crippen molar-refractivity contribution in [3.8, 4) is 0 Å². The van der Waals surface area contributed by atoms with E-state index in [2.05, 4.69) is 15.5 Å². The third-order valence-corrected chi connectivity index (χ3v) is 3.08. The van der Waals surface area contributed by atoms with Crippen LogP contribution in [0.3, 0.4) is 0 Å². The van der Waals surface area contributed by atoms with E-state index in [1.807, 2.05) is 6.07 Å². The Morgan fingerprint density at radius 1 is 1.33 bits per heavy atom. The molecule has 0 fully saturated rings. The summed E-state index contributed by atoms with van der Waals surface area (Å²) in [6.07, 6.45) is 0.731. The van der Waals surface area contributed by atoms with Gasteiger partial charge in [-0.15, -0.1) is 0 Å². The smallest absolute Gasteiger partial charge is 0.353 e. The summed E-state index contributed by atoms with van der Waals surface area (Å²) in [7, 11) is 0. The molecule has 0 saturated carbocycles. The van der Waals surface area contributed by atoms with E-state index in [0.717, 1.165) is 10.9 Å². The van der Waals surface area contributed by atoms with Crippen LogP contribution < -0.4 is 5.32 Å². The Balaban J connectivity index is 1.71. The lowest BCUT2D eigenvalue weighted by molar-refractivity contribution is -0.129. The van der Waals surface area contributed by atoms with Crippen LogP contribution in [0.15, 0.2) is 41.7 Å². The van der Waals surface area contributed by atoms with Crippen molar-refractivity contribution in [2.24, 2.45) is 5.16 Å². The van der Waals surface area contributed by atoms with E-state index in [9.17, 15) is 9.59 Å². The van der Waals surface area contributed by atoms with Crippen molar-refractivity contribution in [2.45, 2.75) is 12.5 Å². The third-order valence-electron chi connectivity index (χ3n) is 3.08. The Hall–Kier alpha value is -2.96. The minimum absolute atomic E-state index is 0.0453. The topological polar surface area (TPSA) is 101 Å². The van der Waals surface area contributed by atoms with Gasteiger partial charge >= 0.3 is 5.97 Å². The van der Waals surface area contributed by atoms with E-state index in [0.29, 0.717) is 5.69 Å². The largest absolute Gasteiger partial charge is 0.477 e. The van der Waals surface area contributed by atoms with Gasteiger partial charge in [-0.05, 0) is 24.3 Å². The van der Waals surface area contributed by atoms with E-state index < -0.39 is 18.0 Å². The van der Waals surface area contributed by atoms with Gasteiger partial charge in [0, 0.05) is 23.7 Å². The second-order valence-electron chi connectivity index (χ2n) is 4.54. The number of benzene rings is 1. The molecule has 0 bridgehead atoms. The van der Waals surface area contributed by atoms with Crippen LogP contribution in [0, 0.1) is 0 Å². The van der Waals surface area contributed by atoms with Crippen molar-refractivity contribution in [2.75, 3.05) is 5.32 Å². The fourth-order valence-electron chi connectivity index (χ4n) is 2.02. The van der Waals surface area contributed by atoms with E-state index >= 15 is 0 Å². The number of nitrogens with zero attached hydrogens (tertiary/aromatic N) is 2. The molecule has 0 radical (unpaired) electrons. The first kappa shape index (κ1) is 13.0. The second-order valence-corrected chi connectivity index (χ2v) is 4.54. The Labute approximate surface area is 119 Å². The molecule has 0 saturated heterocycles. The number of hydrogen-bond donors (Lipinski definition) is 2. The van der Waals surface area contributed by atoms with Crippen LogP contribution in [-0.2, 0) is 14.4 Å². The molecule has 106 valence electrons. The normalized spacial score (nSPS) is 17.1. The highest BCUT2D eigenvalue weighted by molar-refractivity contribution is 6.36. The number of nitrogens with one attached hydrogen (secondary N) is 1. The molecule has 2 N–H and O–H groups in total. The number of oxime groups is 1. The average molecular weight is 285 g/mol. The van der Waals surface area contributed by atoms with Crippen LogP contribution in [-0.4, -0.2) is 33.8 Å². The molecule has 1 amide bonds. The predicted molar refractivity (Wildman–Crippen MR) is 74.9 cm³/mol. The van der Waals surface area contributed by atoms with Gasteiger partial charge in [0.05, 0.1) is 5.52 Å². The lowest BCUT2D eigenvalue weighted by Crippen LogP contribution is -2.28. The highest BCUT2D eigenvalue weighted by atomic mass is 16.6. The lowest BCUT2D eigenvalue weighted by Gasteiger charge is -2.09. The average Bonchev–Trinajstić information content (AvgIpc) is 2.97. The molecule has 7 nitrogen and oxygen atoms in total. The Bertz CT molecular complexity index is 757. The molecule has 2 aromatic rings. The van der Waals surface area contributed by atoms with Gasteiger partial charge in [-0.2, -0.15) is 0 Å². The maximum absolute atomic E-state index is 12.0.